The summed E-state index contributed by atoms with van der Waals surface area (Å²) in [4.78, 5) is 1.52. The smallest absolute Gasteiger partial charge is 0.264 e. The number of hydrogen-bond donors (Lipinski definition) is 0. The van der Waals surface area contributed by atoms with Crippen molar-refractivity contribution in [3.8, 4) is 16.9 Å². The van der Waals surface area contributed by atoms with E-state index >= 15 is 4.39 Å². The second kappa shape index (κ2) is 7.66. The fourth-order valence-electron chi connectivity index (χ4n) is 3.33. The molecule has 2 nitrogen and oxygen atoms in total. The van der Waals surface area contributed by atoms with E-state index in [1.54, 1.807) is 26.2 Å². The third kappa shape index (κ3) is 3.56. The van der Waals surface area contributed by atoms with Crippen molar-refractivity contribution in [1.29, 1.82) is 0 Å². The first kappa shape index (κ1) is 18.7. The third-order valence-corrected chi connectivity index (χ3v) is 5.17. The molecule has 2 aromatic rings. The van der Waals surface area contributed by atoms with Crippen LogP contribution in [-0.4, -0.2) is 24.2 Å². The van der Waals surface area contributed by atoms with Gasteiger partial charge in [0.2, 0.25) is 0 Å². The molecule has 1 aliphatic rings. The summed E-state index contributed by atoms with van der Waals surface area (Å²) in [6.45, 7) is 0. The van der Waals surface area contributed by atoms with E-state index in [0.29, 0.717) is 5.56 Å². The van der Waals surface area contributed by atoms with E-state index in [4.69, 9.17) is 17.0 Å². The Hall–Kier alpha value is -2.08. The minimum absolute atomic E-state index is 0.0468. The number of nitrogens with zero attached hydrogens (tertiary/aromatic N) is 1. The Balaban J connectivity index is 2.15. The average Bonchev–Trinajstić information content (AvgIpc) is 3.13. The lowest BCUT2D eigenvalue weighted by atomic mass is 9.93. The molecule has 6 heteroatoms. The van der Waals surface area contributed by atoms with Crippen LogP contribution in [0.15, 0.2) is 30.3 Å². The normalized spacial score (nSPS) is 14.5. The summed E-state index contributed by atoms with van der Waals surface area (Å²) in [5.41, 5.74) is 0.628. The van der Waals surface area contributed by atoms with Gasteiger partial charge in [0.1, 0.15) is 0 Å². The van der Waals surface area contributed by atoms with Gasteiger partial charge in [0.15, 0.2) is 23.2 Å². The molecule has 138 valence electrons. The zero-order valence-electron chi connectivity index (χ0n) is 14.7. The van der Waals surface area contributed by atoms with E-state index in [9.17, 15) is 8.78 Å². The topological polar surface area (TPSA) is 12.5 Å². The number of thiocarbonyl (C=S) groups is 1. The SMILES string of the molecule is CN(C)C(=S)Oc1c(-c2cccc(F)c2F)ccc(C2CCCC2)c1F. The van der Waals surface area contributed by atoms with Gasteiger partial charge in [-0.25, -0.2) is 13.2 Å². The molecule has 0 amide bonds. The first-order valence-electron chi connectivity index (χ1n) is 8.56. The molecule has 1 aliphatic carbocycles. The molecule has 0 heterocycles. The molecule has 0 N–H and O–H groups in total. The van der Waals surface area contributed by atoms with Crippen LogP contribution in [0.2, 0.25) is 0 Å². The van der Waals surface area contributed by atoms with Gasteiger partial charge >= 0.3 is 0 Å². The number of hydrogen-bond acceptors (Lipinski definition) is 2. The van der Waals surface area contributed by atoms with Crippen molar-refractivity contribution in [2.24, 2.45) is 0 Å². The van der Waals surface area contributed by atoms with E-state index < -0.39 is 17.5 Å². The summed E-state index contributed by atoms with van der Waals surface area (Å²) < 4.78 is 48.9. The highest BCUT2D eigenvalue weighted by atomic mass is 32.1. The quantitative estimate of drug-likeness (QED) is 0.639. The van der Waals surface area contributed by atoms with Crippen molar-refractivity contribution in [3.05, 3.63) is 53.3 Å². The largest absolute Gasteiger partial charge is 0.428 e. The third-order valence-electron chi connectivity index (χ3n) is 4.72. The molecule has 0 aromatic heterocycles. The molecule has 0 bridgehead atoms. The number of benzene rings is 2. The van der Waals surface area contributed by atoms with E-state index in [1.807, 2.05) is 0 Å². The number of ether oxygens (including phenoxy) is 1. The van der Waals surface area contributed by atoms with Crippen LogP contribution in [0.5, 0.6) is 5.75 Å². The van der Waals surface area contributed by atoms with Crippen molar-refractivity contribution in [3.63, 3.8) is 0 Å². The summed E-state index contributed by atoms with van der Waals surface area (Å²) in [6.07, 6.45) is 3.91. The molecule has 3 rings (SSSR count). The Morgan fingerprint density at radius 3 is 2.35 bits per heavy atom. The van der Waals surface area contributed by atoms with Gasteiger partial charge in [-0.05, 0) is 42.6 Å². The zero-order chi connectivity index (χ0) is 18.8. The van der Waals surface area contributed by atoms with Gasteiger partial charge in [0.05, 0.1) is 0 Å². The average molecular weight is 379 g/mol. The highest BCUT2D eigenvalue weighted by molar-refractivity contribution is 7.80. The number of rotatable bonds is 3. The second-order valence-electron chi connectivity index (χ2n) is 6.69. The first-order chi connectivity index (χ1) is 12.4. The second-order valence-corrected chi connectivity index (χ2v) is 7.04. The lowest BCUT2D eigenvalue weighted by Crippen LogP contribution is -2.25. The van der Waals surface area contributed by atoms with E-state index in [-0.39, 0.29) is 28.0 Å². The molecule has 0 radical (unpaired) electrons. The lowest BCUT2D eigenvalue weighted by Gasteiger charge is -2.20. The van der Waals surface area contributed by atoms with Crippen molar-refractivity contribution in [2.45, 2.75) is 31.6 Å². The van der Waals surface area contributed by atoms with E-state index in [1.165, 1.54) is 17.0 Å². The van der Waals surface area contributed by atoms with Gasteiger partial charge in [-0.2, -0.15) is 0 Å². The van der Waals surface area contributed by atoms with Gasteiger partial charge in [0, 0.05) is 25.2 Å². The van der Waals surface area contributed by atoms with Crippen LogP contribution >= 0.6 is 12.2 Å². The van der Waals surface area contributed by atoms with E-state index in [2.05, 4.69) is 0 Å². The van der Waals surface area contributed by atoms with Gasteiger partial charge in [0.25, 0.3) is 5.17 Å². The molecule has 0 atom stereocenters. The Kier molecular flexibility index (Phi) is 5.51. The summed E-state index contributed by atoms with van der Waals surface area (Å²) in [5.74, 6) is -2.64. The van der Waals surface area contributed by atoms with Crippen molar-refractivity contribution < 1.29 is 17.9 Å². The van der Waals surface area contributed by atoms with Crippen LogP contribution in [0, 0.1) is 17.5 Å². The summed E-state index contributed by atoms with van der Waals surface area (Å²) >= 11 is 5.14. The maximum absolute atomic E-state index is 15.3. The highest BCUT2D eigenvalue weighted by Gasteiger charge is 2.26. The van der Waals surface area contributed by atoms with Gasteiger partial charge < -0.3 is 9.64 Å². The van der Waals surface area contributed by atoms with Crippen molar-refractivity contribution in [1.82, 2.24) is 4.90 Å². The molecule has 0 unspecified atom stereocenters. The summed E-state index contributed by atoms with van der Waals surface area (Å²) in [5, 5.41) is 0.0468. The predicted octanol–water partition coefficient (Wildman–Crippen LogP) is 5.65. The molecular weight excluding hydrogens is 359 g/mol. The molecular formula is C20H20F3NOS. The zero-order valence-corrected chi connectivity index (χ0v) is 15.5. The van der Waals surface area contributed by atoms with Crippen LogP contribution in [-0.2, 0) is 0 Å². The minimum atomic E-state index is -1.04. The molecule has 0 spiro atoms. The molecule has 0 saturated heterocycles. The molecule has 1 saturated carbocycles. The molecule has 26 heavy (non-hydrogen) atoms. The fraction of sp³-hybridized carbons (Fsp3) is 0.350. The van der Waals surface area contributed by atoms with Gasteiger partial charge in [-0.1, -0.05) is 37.1 Å². The first-order valence-corrected chi connectivity index (χ1v) is 8.97. The van der Waals surface area contributed by atoms with Crippen molar-refractivity contribution in [2.75, 3.05) is 14.1 Å². The summed E-state index contributed by atoms with van der Waals surface area (Å²) in [6, 6.07) is 7.03. The van der Waals surface area contributed by atoms with Crippen LogP contribution in [0.4, 0.5) is 13.2 Å². The van der Waals surface area contributed by atoms with Gasteiger partial charge in [-0.15, -0.1) is 0 Å². The summed E-state index contributed by atoms with van der Waals surface area (Å²) in [7, 11) is 3.34. The van der Waals surface area contributed by atoms with Crippen LogP contribution < -0.4 is 4.74 Å². The Bertz CT molecular complexity index is 832. The lowest BCUT2D eigenvalue weighted by molar-refractivity contribution is 0.421. The van der Waals surface area contributed by atoms with Gasteiger partial charge in [-0.3, -0.25) is 0 Å². The maximum Gasteiger partial charge on any atom is 0.264 e. The Morgan fingerprint density at radius 1 is 1.00 bits per heavy atom. The monoisotopic (exact) mass is 379 g/mol. The van der Waals surface area contributed by atoms with Crippen LogP contribution in [0.25, 0.3) is 11.1 Å². The van der Waals surface area contributed by atoms with Crippen LogP contribution in [0.3, 0.4) is 0 Å². The Labute approximate surface area is 156 Å². The number of halogens is 3. The Morgan fingerprint density at radius 2 is 1.69 bits per heavy atom. The molecule has 1 fully saturated rings. The predicted molar refractivity (Wildman–Crippen MR) is 99.9 cm³/mol. The van der Waals surface area contributed by atoms with Crippen molar-refractivity contribution >= 4 is 17.4 Å². The molecule has 2 aromatic carbocycles. The van der Waals surface area contributed by atoms with Crippen LogP contribution in [0.1, 0.15) is 37.2 Å². The fourth-order valence-corrected chi connectivity index (χ4v) is 3.41. The molecule has 0 aliphatic heterocycles. The highest BCUT2D eigenvalue weighted by Crippen LogP contribution is 2.42. The maximum atomic E-state index is 15.3. The minimum Gasteiger partial charge on any atom is -0.428 e. The van der Waals surface area contributed by atoms with E-state index in [0.717, 1.165) is 31.7 Å². The standard InChI is InChI=1S/C20H20F3NOS/c1-24(2)20(26)25-19-15(14-8-5-9-16(21)17(14)22)11-10-13(18(19)23)12-6-3-4-7-12/h5,8-12H,3-4,6-7H2,1-2H3.